The van der Waals surface area contributed by atoms with Gasteiger partial charge in [0, 0.05) is 38.6 Å². The molecule has 1 aliphatic carbocycles. The molecule has 1 saturated carbocycles. The van der Waals surface area contributed by atoms with Crippen LogP contribution in [0.15, 0.2) is 0 Å². The van der Waals surface area contributed by atoms with Crippen LogP contribution in [0.4, 0.5) is 0 Å². The Morgan fingerprint density at radius 1 is 0.490 bits per heavy atom. The van der Waals surface area contributed by atoms with Crippen LogP contribution in [0.25, 0.3) is 0 Å². The molecule has 290 valence electrons. The van der Waals surface area contributed by atoms with E-state index in [0.29, 0.717) is 45.1 Å². The summed E-state index contributed by atoms with van der Waals surface area (Å²) in [5.41, 5.74) is 0. The second kappa shape index (κ2) is 31.4. The first-order valence-corrected chi connectivity index (χ1v) is 20.3. The van der Waals surface area contributed by atoms with Crippen LogP contribution in [0, 0.1) is 5.92 Å². The Morgan fingerprint density at radius 3 is 1.31 bits per heavy atom. The van der Waals surface area contributed by atoms with Crippen molar-refractivity contribution in [2.75, 3.05) is 19.8 Å². The van der Waals surface area contributed by atoms with Crippen molar-refractivity contribution in [3.05, 3.63) is 0 Å². The summed E-state index contributed by atoms with van der Waals surface area (Å²) in [6.07, 6.45) is 21.5. The number of carbonyl (C=O) groups excluding carboxylic acids is 2. The summed E-state index contributed by atoms with van der Waals surface area (Å²) in [6.45, 7) is 1.02. The van der Waals surface area contributed by atoms with Crippen molar-refractivity contribution in [1.29, 1.82) is 0 Å². The molecule has 1 rings (SSSR count). The Labute approximate surface area is 298 Å². The topological polar surface area (TPSA) is 180 Å². The number of carbonyl (C=O) groups is 2. The molecule has 0 saturated heterocycles. The van der Waals surface area contributed by atoms with E-state index in [1.54, 1.807) is 0 Å². The summed E-state index contributed by atoms with van der Waals surface area (Å²) < 4.78 is 0. The van der Waals surface area contributed by atoms with Crippen LogP contribution in [0.2, 0.25) is 0 Å². The number of aliphatic hydroxyl groups is 6. The number of amides is 2. The molecule has 2 amide bonds. The third kappa shape index (κ3) is 25.3. The maximum absolute atomic E-state index is 12.7. The molecule has 8 N–H and O–H groups in total. The second-order valence-electron chi connectivity index (χ2n) is 14.8. The van der Waals surface area contributed by atoms with Gasteiger partial charge in [0.1, 0.15) is 0 Å². The molecule has 0 aromatic rings. The second-order valence-corrected chi connectivity index (χ2v) is 14.8. The van der Waals surface area contributed by atoms with E-state index >= 15 is 0 Å². The lowest BCUT2D eigenvalue weighted by Crippen LogP contribution is -2.46. The fraction of sp³-hybridized carbons (Fsp3) is 0.949. The lowest BCUT2D eigenvalue weighted by molar-refractivity contribution is -0.122. The third-order valence-corrected chi connectivity index (χ3v) is 10.3. The summed E-state index contributed by atoms with van der Waals surface area (Å²) in [4.78, 5) is 25.2. The van der Waals surface area contributed by atoms with E-state index in [9.17, 15) is 30.0 Å². The fourth-order valence-corrected chi connectivity index (χ4v) is 7.00. The Kier molecular flexibility index (Phi) is 29.3. The van der Waals surface area contributed by atoms with Crippen molar-refractivity contribution >= 4 is 11.8 Å². The summed E-state index contributed by atoms with van der Waals surface area (Å²) in [5, 5.41) is 64.6. The SMILES string of the molecule is O=C(CCCCCCCC(O)C(O)CCCCCCO)NCC1CCCC[C@@H]1NC(=O)CCCCCCCC(O)C(O)CCCCCCO. The van der Waals surface area contributed by atoms with Gasteiger partial charge in [-0.2, -0.15) is 0 Å². The van der Waals surface area contributed by atoms with Gasteiger partial charge in [0.25, 0.3) is 0 Å². The number of unbranched alkanes of at least 4 members (excludes halogenated alkanes) is 14. The Bertz CT molecular complexity index is 788. The Morgan fingerprint density at radius 2 is 0.857 bits per heavy atom. The van der Waals surface area contributed by atoms with Crippen molar-refractivity contribution in [3.8, 4) is 0 Å². The van der Waals surface area contributed by atoms with Crippen LogP contribution < -0.4 is 10.6 Å². The molecule has 0 aromatic heterocycles. The third-order valence-electron chi connectivity index (χ3n) is 10.3. The molecule has 5 unspecified atom stereocenters. The maximum Gasteiger partial charge on any atom is 0.220 e. The molecule has 0 bridgehead atoms. The smallest absolute Gasteiger partial charge is 0.220 e. The highest BCUT2D eigenvalue weighted by Crippen LogP contribution is 2.24. The average Bonchev–Trinajstić information content (AvgIpc) is 3.09. The van der Waals surface area contributed by atoms with Crippen LogP contribution in [0.1, 0.15) is 180 Å². The summed E-state index contributed by atoms with van der Waals surface area (Å²) in [5.74, 6) is 0.438. The lowest BCUT2D eigenvalue weighted by Gasteiger charge is -2.32. The highest BCUT2D eigenvalue weighted by molar-refractivity contribution is 5.76. The van der Waals surface area contributed by atoms with Crippen LogP contribution in [0.5, 0.6) is 0 Å². The van der Waals surface area contributed by atoms with Gasteiger partial charge in [-0.15, -0.1) is 0 Å². The first kappa shape index (κ1) is 45.7. The van der Waals surface area contributed by atoms with E-state index in [-0.39, 0.29) is 37.0 Å². The zero-order chi connectivity index (χ0) is 36.0. The quantitative estimate of drug-likeness (QED) is 0.0410. The van der Waals surface area contributed by atoms with Gasteiger partial charge in [0.05, 0.1) is 24.4 Å². The molecule has 0 aromatic carbocycles. The first-order valence-electron chi connectivity index (χ1n) is 20.3. The highest BCUT2D eigenvalue weighted by atomic mass is 16.3. The van der Waals surface area contributed by atoms with Crippen LogP contribution in [-0.4, -0.2) is 92.7 Å². The largest absolute Gasteiger partial charge is 0.396 e. The van der Waals surface area contributed by atoms with Gasteiger partial charge in [-0.1, -0.05) is 103 Å². The van der Waals surface area contributed by atoms with E-state index in [2.05, 4.69) is 10.6 Å². The van der Waals surface area contributed by atoms with Crippen molar-refractivity contribution in [3.63, 3.8) is 0 Å². The summed E-state index contributed by atoms with van der Waals surface area (Å²) in [7, 11) is 0. The number of aliphatic hydroxyl groups excluding tert-OH is 6. The molecule has 6 atom stereocenters. The van der Waals surface area contributed by atoms with Gasteiger partial charge in [0.15, 0.2) is 0 Å². The van der Waals surface area contributed by atoms with Gasteiger partial charge in [-0.3, -0.25) is 9.59 Å². The van der Waals surface area contributed by atoms with Crippen molar-refractivity contribution in [1.82, 2.24) is 10.6 Å². The van der Waals surface area contributed by atoms with E-state index < -0.39 is 24.4 Å². The predicted octanol–water partition coefficient (Wildman–Crippen LogP) is 5.57. The molecule has 1 aliphatic rings. The Hall–Kier alpha value is -1.30. The number of hydrogen-bond acceptors (Lipinski definition) is 8. The number of rotatable bonds is 33. The van der Waals surface area contributed by atoms with Gasteiger partial charge >= 0.3 is 0 Å². The monoisotopic (exact) mass is 701 g/mol. The predicted molar refractivity (Wildman–Crippen MR) is 196 cm³/mol. The van der Waals surface area contributed by atoms with E-state index in [0.717, 1.165) is 141 Å². The van der Waals surface area contributed by atoms with E-state index in [1.165, 1.54) is 0 Å². The molecule has 10 nitrogen and oxygen atoms in total. The molecular formula is C39H76N2O8. The minimum atomic E-state index is -0.676. The minimum Gasteiger partial charge on any atom is -0.396 e. The van der Waals surface area contributed by atoms with Crippen LogP contribution >= 0.6 is 0 Å². The molecule has 0 heterocycles. The van der Waals surface area contributed by atoms with Crippen molar-refractivity contribution in [2.45, 2.75) is 210 Å². The van der Waals surface area contributed by atoms with Crippen LogP contribution in [-0.2, 0) is 9.59 Å². The van der Waals surface area contributed by atoms with Crippen molar-refractivity contribution in [2.24, 2.45) is 5.92 Å². The highest BCUT2D eigenvalue weighted by Gasteiger charge is 2.26. The number of hydrogen-bond donors (Lipinski definition) is 8. The molecule has 0 radical (unpaired) electrons. The zero-order valence-corrected chi connectivity index (χ0v) is 30.9. The van der Waals surface area contributed by atoms with Gasteiger partial charge < -0.3 is 41.3 Å². The lowest BCUT2D eigenvalue weighted by atomic mass is 9.84. The van der Waals surface area contributed by atoms with E-state index in [4.69, 9.17) is 10.2 Å². The summed E-state index contributed by atoms with van der Waals surface area (Å²) in [6, 6.07) is 0.115. The molecule has 0 spiro atoms. The summed E-state index contributed by atoms with van der Waals surface area (Å²) >= 11 is 0. The molecule has 10 heteroatoms. The first-order chi connectivity index (χ1) is 23.8. The zero-order valence-electron chi connectivity index (χ0n) is 30.9. The molecule has 49 heavy (non-hydrogen) atoms. The average molecular weight is 701 g/mol. The normalized spacial score (nSPS) is 18.9. The molecule has 0 aliphatic heterocycles. The van der Waals surface area contributed by atoms with Crippen LogP contribution in [0.3, 0.4) is 0 Å². The molecular weight excluding hydrogens is 624 g/mol. The fourth-order valence-electron chi connectivity index (χ4n) is 7.00. The van der Waals surface area contributed by atoms with E-state index in [1.807, 2.05) is 0 Å². The van der Waals surface area contributed by atoms with Gasteiger partial charge in [-0.05, 0) is 70.1 Å². The van der Waals surface area contributed by atoms with Gasteiger partial charge in [0.2, 0.25) is 11.8 Å². The standard InChI is InChI=1S/C39H76N2O8/c42-29-19-9-7-13-25-36(46)34(44)23-11-3-1-5-15-27-38(48)40-31-32-21-17-18-22-33(32)41-39(49)28-16-6-2-4-12-24-35(45)37(47)26-14-8-10-20-30-43/h32-37,42-47H,1-31H2,(H,40,48)(H,41,49)/t32?,33-,34?,35?,36?,37?/m0/s1. The van der Waals surface area contributed by atoms with Gasteiger partial charge in [-0.25, -0.2) is 0 Å². The number of nitrogens with one attached hydrogen (secondary N) is 2. The Balaban J connectivity index is 2.08. The maximum atomic E-state index is 12.7. The molecule has 1 fully saturated rings. The minimum absolute atomic E-state index is 0.0736. The van der Waals surface area contributed by atoms with Crippen molar-refractivity contribution < 1.29 is 40.2 Å².